The molecule has 1 aliphatic heterocycles. The fourth-order valence-electron chi connectivity index (χ4n) is 2.17. The first-order chi connectivity index (χ1) is 7.71. The number of likely N-dealkylation sites (N-methyl/N-ethyl adjacent to an activating group) is 1. The third-order valence-corrected chi connectivity index (χ3v) is 3.56. The molecule has 0 amide bonds. The van der Waals surface area contributed by atoms with Crippen LogP contribution in [0, 0.1) is 0 Å². The molecule has 0 N–H and O–H groups in total. The van der Waals surface area contributed by atoms with E-state index in [9.17, 15) is 0 Å². The lowest BCUT2D eigenvalue weighted by atomic mass is 9.90. The van der Waals surface area contributed by atoms with Gasteiger partial charge in [0.25, 0.3) is 0 Å². The fraction of sp³-hybridized carbons (Fsp3) is 0.615. The summed E-state index contributed by atoms with van der Waals surface area (Å²) >= 11 is 0. The predicted molar refractivity (Wildman–Crippen MR) is 79.1 cm³/mol. The van der Waals surface area contributed by atoms with Gasteiger partial charge in [-0.25, -0.2) is 0 Å². The maximum absolute atomic E-state index is 5.81. The van der Waals surface area contributed by atoms with Crippen molar-refractivity contribution >= 4 is 24.8 Å². The Morgan fingerprint density at radius 3 is 2.78 bits per heavy atom. The quantitative estimate of drug-likeness (QED) is 0.856. The van der Waals surface area contributed by atoms with E-state index in [2.05, 4.69) is 23.9 Å². The highest BCUT2D eigenvalue weighted by molar-refractivity contribution is 5.85. The molecule has 1 aromatic heterocycles. The molecule has 1 atom stereocenters. The molecule has 1 aliphatic rings. The summed E-state index contributed by atoms with van der Waals surface area (Å²) in [6, 6.07) is 3.86. The number of likely N-dealkylation sites (tertiary alicyclic amines) is 1. The third kappa shape index (κ3) is 4.30. The largest absolute Gasteiger partial charge is 0.490 e. The van der Waals surface area contributed by atoms with Crippen LogP contribution in [0.15, 0.2) is 24.5 Å². The summed E-state index contributed by atoms with van der Waals surface area (Å²) in [5, 5.41) is 0. The van der Waals surface area contributed by atoms with Crippen molar-refractivity contribution in [2.45, 2.75) is 31.7 Å². The standard InChI is InChI=1S/C13H20N2O.2ClH/c1-13(7-3-4-9-15(13)2)11-16-12-6-5-8-14-10-12;;/h5-6,8,10H,3-4,7,9,11H2,1-2H3;2*1H/t13-;;/m1../s1. The van der Waals surface area contributed by atoms with Crippen LogP contribution in [0.5, 0.6) is 5.75 Å². The van der Waals surface area contributed by atoms with Crippen LogP contribution >= 0.6 is 24.8 Å². The second-order valence-electron chi connectivity index (χ2n) is 4.85. The molecule has 1 saturated heterocycles. The number of hydrogen-bond donors (Lipinski definition) is 0. The summed E-state index contributed by atoms with van der Waals surface area (Å²) in [6.07, 6.45) is 7.35. The number of ether oxygens (including phenoxy) is 1. The molecule has 18 heavy (non-hydrogen) atoms. The van der Waals surface area contributed by atoms with Crippen molar-refractivity contribution < 1.29 is 4.74 Å². The zero-order valence-corrected chi connectivity index (χ0v) is 12.6. The van der Waals surface area contributed by atoms with Gasteiger partial charge in [0.2, 0.25) is 0 Å². The number of pyridine rings is 1. The Labute approximate surface area is 122 Å². The fourth-order valence-corrected chi connectivity index (χ4v) is 2.17. The molecule has 0 bridgehead atoms. The summed E-state index contributed by atoms with van der Waals surface area (Å²) in [5.41, 5.74) is 0.175. The molecule has 3 nitrogen and oxygen atoms in total. The van der Waals surface area contributed by atoms with Gasteiger partial charge in [0.15, 0.2) is 0 Å². The minimum absolute atomic E-state index is 0. The Hall–Kier alpha value is -0.510. The van der Waals surface area contributed by atoms with Crippen LogP contribution in [0.2, 0.25) is 0 Å². The third-order valence-electron chi connectivity index (χ3n) is 3.56. The summed E-state index contributed by atoms with van der Waals surface area (Å²) in [4.78, 5) is 6.46. The maximum atomic E-state index is 5.81. The smallest absolute Gasteiger partial charge is 0.137 e. The van der Waals surface area contributed by atoms with E-state index in [0.29, 0.717) is 0 Å². The molecule has 5 heteroatoms. The highest BCUT2D eigenvalue weighted by Gasteiger charge is 2.32. The first kappa shape index (κ1) is 17.5. The number of piperidine rings is 1. The van der Waals surface area contributed by atoms with Gasteiger partial charge in [-0.3, -0.25) is 9.88 Å². The van der Waals surface area contributed by atoms with Crippen molar-refractivity contribution in [2.24, 2.45) is 0 Å². The Balaban J connectivity index is 0.00000144. The Morgan fingerprint density at radius 1 is 1.39 bits per heavy atom. The van der Waals surface area contributed by atoms with Crippen LogP contribution in [-0.4, -0.2) is 35.6 Å². The number of aromatic nitrogens is 1. The zero-order chi connectivity index (χ0) is 11.4. The van der Waals surface area contributed by atoms with E-state index >= 15 is 0 Å². The van der Waals surface area contributed by atoms with Gasteiger partial charge in [0, 0.05) is 6.20 Å². The molecule has 1 fully saturated rings. The van der Waals surface area contributed by atoms with Crippen LogP contribution < -0.4 is 4.74 Å². The lowest BCUT2D eigenvalue weighted by Gasteiger charge is -2.42. The van der Waals surface area contributed by atoms with E-state index in [1.807, 2.05) is 12.1 Å². The molecule has 104 valence electrons. The average Bonchev–Trinajstić information content (AvgIpc) is 2.32. The summed E-state index contributed by atoms with van der Waals surface area (Å²) in [6.45, 7) is 4.20. The van der Waals surface area contributed by atoms with E-state index in [1.165, 1.54) is 25.8 Å². The molecule has 0 aromatic carbocycles. The normalized spacial score (nSPS) is 23.7. The first-order valence-electron chi connectivity index (χ1n) is 5.95. The number of halogens is 2. The number of rotatable bonds is 3. The van der Waals surface area contributed by atoms with Gasteiger partial charge in [0.05, 0.1) is 11.7 Å². The van der Waals surface area contributed by atoms with Crippen molar-refractivity contribution in [1.82, 2.24) is 9.88 Å². The summed E-state index contributed by atoms with van der Waals surface area (Å²) in [7, 11) is 2.19. The van der Waals surface area contributed by atoms with E-state index in [4.69, 9.17) is 4.74 Å². The highest BCUT2D eigenvalue weighted by atomic mass is 35.5. The zero-order valence-electron chi connectivity index (χ0n) is 11.0. The minimum atomic E-state index is 0. The monoisotopic (exact) mass is 292 g/mol. The molecule has 1 aromatic rings. The molecule has 0 radical (unpaired) electrons. The summed E-state index contributed by atoms with van der Waals surface area (Å²) < 4.78 is 5.81. The van der Waals surface area contributed by atoms with Gasteiger partial charge in [0.1, 0.15) is 12.4 Å². The van der Waals surface area contributed by atoms with Gasteiger partial charge in [-0.05, 0) is 45.5 Å². The Kier molecular flexibility index (Phi) is 7.60. The molecular weight excluding hydrogens is 271 g/mol. The predicted octanol–water partition coefficient (Wildman–Crippen LogP) is 3.18. The molecule has 0 saturated carbocycles. The van der Waals surface area contributed by atoms with Crippen LogP contribution in [0.1, 0.15) is 26.2 Å². The van der Waals surface area contributed by atoms with Crippen molar-refractivity contribution in [3.63, 3.8) is 0 Å². The van der Waals surface area contributed by atoms with Crippen molar-refractivity contribution in [2.75, 3.05) is 20.2 Å². The van der Waals surface area contributed by atoms with Crippen LogP contribution in [0.3, 0.4) is 0 Å². The number of hydrogen-bond acceptors (Lipinski definition) is 3. The molecule has 0 aliphatic carbocycles. The average molecular weight is 293 g/mol. The SMILES string of the molecule is CN1CCCC[C@]1(C)COc1cccnc1.Cl.Cl. The lowest BCUT2D eigenvalue weighted by molar-refractivity contribution is 0.0419. The van der Waals surface area contributed by atoms with E-state index in [0.717, 1.165) is 12.4 Å². The minimum Gasteiger partial charge on any atom is -0.490 e. The van der Waals surface area contributed by atoms with Crippen LogP contribution in [0.25, 0.3) is 0 Å². The molecule has 0 spiro atoms. The molecule has 2 rings (SSSR count). The highest BCUT2D eigenvalue weighted by Crippen LogP contribution is 2.27. The molecular formula is C13H22Cl2N2O. The van der Waals surface area contributed by atoms with Crippen molar-refractivity contribution in [3.8, 4) is 5.75 Å². The lowest BCUT2D eigenvalue weighted by Crippen LogP contribution is -2.51. The summed E-state index contributed by atoms with van der Waals surface area (Å²) in [5.74, 6) is 0.864. The Morgan fingerprint density at radius 2 is 2.17 bits per heavy atom. The number of nitrogens with zero attached hydrogens (tertiary/aromatic N) is 2. The van der Waals surface area contributed by atoms with Gasteiger partial charge in [-0.2, -0.15) is 0 Å². The van der Waals surface area contributed by atoms with Gasteiger partial charge >= 0.3 is 0 Å². The molecule has 0 unspecified atom stereocenters. The Bertz CT molecular complexity index is 337. The van der Waals surface area contributed by atoms with Gasteiger partial charge in [-0.1, -0.05) is 6.42 Å². The van der Waals surface area contributed by atoms with Crippen LogP contribution in [0.4, 0.5) is 0 Å². The first-order valence-corrected chi connectivity index (χ1v) is 5.95. The second kappa shape index (κ2) is 7.82. The van der Waals surface area contributed by atoms with Crippen molar-refractivity contribution in [3.05, 3.63) is 24.5 Å². The maximum Gasteiger partial charge on any atom is 0.137 e. The van der Waals surface area contributed by atoms with Gasteiger partial charge < -0.3 is 4.74 Å². The van der Waals surface area contributed by atoms with Gasteiger partial charge in [-0.15, -0.1) is 24.8 Å². The van der Waals surface area contributed by atoms with Crippen LogP contribution in [-0.2, 0) is 0 Å². The van der Waals surface area contributed by atoms with E-state index in [1.54, 1.807) is 12.4 Å². The second-order valence-corrected chi connectivity index (χ2v) is 4.85. The van der Waals surface area contributed by atoms with E-state index < -0.39 is 0 Å². The molecule has 2 heterocycles. The van der Waals surface area contributed by atoms with Crippen molar-refractivity contribution in [1.29, 1.82) is 0 Å². The van der Waals surface area contributed by atoms with E-state index in [-0.39, 0.29) is 30.4 Å². The topological polar surface area (TPSA) is 25.4 Å².